The van der Waals surface area contributed by atoms with Crippen LogP contribution in [0.3, 0.4) is 0 Å². The van der Waals surface area contributed by atoms with E-state index in [-0.39, 0.29) is 29.6 Å². The van der Waals surface area contributed by atoms with Crippen molar-refractivity contribution < 1.29 is 5.48 Å². The van der Waals surface area contributed by atoms with Crippen LogP contribution in [0.25, 0.3) is 66.4 Å². The summed E-state index contributed by atoms with van der Waals surface area (Å²) in [6, 6.07) is 64.3. The van der Waals surface area contributed by atoms with Crippen molar-refractivity contribution >= 4 is 27.8 Å². The summed E-state index contributed by atoms with van der Waals surface area (Å²) in [5, 5.41) is 2.33. The van der Waals surface area contributed by atoms with Gasteiger partial charge in [-0.15, -0.1) is 0 Å². The molecular weight excluding hydrogens is 675 g/mol. The molecule has 0 aliphatic heterocycles. The summed E-state index contributed by atoms with van der Waals surface area (Å²) in [5.41, 5.74) is 14.4. The Balaban J connectivity index is 1.19. The van der Waals surface area contributed by atoms with Gasteiger partial charge in [0.1, 0.15) is 0 Å². The Kier molecular flexibility index (Phi) is 7.20. The van der Waals surface area contributed by atoms with Crippen molar-refractivity contribution in [2.45, 2.75) is 19.3 Å². The summed E-state index contributed by atoms with van der Waals surface area (Å²) in [5.74, 6) is 0. The molecule has 0 amide bonds. The summed E-state index contributed by atoms with van der Waals surface area (Å²) in [6.45, 7) is 4.54. The molecule has 0 aromatic heterocycles. The molecule has 0 atom stereocenters. The van der Waals surface area contributed by atoms with Crippen LogP contribution in [-0.2, 0) is 5.41 Å². The molecule has 1 heteroatoms. The zero-order valence-corrected chi connectivity index (χ0v) is 31.3. The highest BCUT2D eigenvalue weighted by Crippen LogP contribution is 2.54. The third-order valence-electron chi connectivity index (χ3n) is 11.4. The van der Waals surface area contributed by atoms with Gasteiger partial charge in [-0.1, -0.05) is 196 Å². The van der Waals surface area contributed by atoms with Gasteiger partial charge in [-0.2, -0.15) is 0 Å². The molecule has 9 aromatic rings. The number of fused-ring (bicyclic) bond motifs is 4. The van der Waals surface area contributed by atoms with Gasteiger partial charge in [0.05, 0.1) is 11.2 Å². The Morgan fingerprint density at radius 3 is 1.57 bits per heavy atom. The average molecular weight is 720 g/mol. The highest BCUT2D eigenvalue weighted by atomic mass is 15.1. The van der Waals surface area contributed by atoms with Gasteiger partial charge < -0.3 is 4.90 Å². The van der Waals surface area contributed by atoms with E-state index in [1.165, 1.54) is 33.2 Å². The highest BCUT2D eigenvalue weighted by molar-refractivity contribution is 6.06. The van der Waals surface area contributed by atoms with Crippen molar-refractivity contribution in [3.63, 3.8) is 0 Å². The molecule has 9 aromatic carbocycles. The molecular formula is C55H41N. The molecule has 0 saturated heterocycles. The average Bonchev–Trinajstić information content (AvgIpc) is 3.53. The summed E-state index contributed by atoms with van der Waals surface area (Å²) in [4.78, 5) is 2.03. The zero-order chi connectivity index (χ0) is 41.1. The van der Waals surface area contributed by atoms with Crippen LogP contribution in [0.5, 0.6) is 0 Å². The van der Waals surface area contributed by atoms with Crippen molar-refractivity contribution in [2.75, 3.05) is 4.90 Å². The second-order valence-electron chi connectivity index (χ2n) is 15.0. The van der Waals surface area contributed by atoms with Gasteiger partial charge in [-0.25, -0.2) is 0 Å². The Morgan fingerprint density at radius 1 is 0.411 bits per heavy atom. The van der Waals surface area contributed by atoms with Gasteiger partial charge in [0.2, 0.25) is 0 Å². The number of hydrogen-bond acceptors (Lipinski definition) is 1. The predicted octanol–water partition coefficient (Wildman–Crippen LogP) is 15.3. The van der Waals surface area contributed by atoms with Crippen LogP contribution >= 0.6 is 0 Å². The minimum atomic E-state index is -0.343. The second kappa shape index (κ2) is 13.7. The number of rotatable bonds is 7. The fraction of sp³-hybridized carbons (Fsp3) is 0.0545. The third-order valence-corrected chi connectivity index (χ3v) is 11.4. The summed E-state index contributed by atoms with van der Waals surface area (Å²) >= 11 is 0. The summed E-state index contributed by atoms with van der Waals surface area (Å²) in [7, 11) is 0. The molecule has 266 valence electrons. The van der Waals surface area contributed by atoms with Crippen LogP contribution in [0.15, 0.2) is 212 Å². The molecule has 0 N–H and O–H groups in total. The largest absolute Gasteiger partial charge is 0.310 e. The van der Waals surface area contributed by atoms with Gasteiger partial charge in [-0.3, -0.25) is 0 Å². The SMILES string of the molecule is [2H]c1c([2H])c([2H])c(N(c2ccc(-c3cccc4cccc(-c5ccccc5)c34)cc2)c2ccc3c(c2)C(C)(C)c2cccc(-c4ccccc4)c2-3)c(-c2ccccc2)c1[2H]. The number of anilines is 3. The van der Waals surface area contributed by atoms with Crippen LogP contribution in [-0.4, -0.2) is 0 Å². The fourth-order valence-corrected chi connectivity index (χ4v) is 8.70. The first-order valence-corrected chi connectivity index (χ1v) is 19.2. The normalized spacial score (nSPS) is 13.6. The molecule has 56 heavy (non-hydrogen) atoms. The lowest BCUT2D eigenvalue weighted by atomic mass is 9.81. The molecule has 1 aliphatic carbocycles. The van der Waals surface area contributed by atoms with E-state index in [0.717, 1.165) is 44.6 Å². The third kappa shape index (κ3) is 5.63. The molecule has 0 spiro atoms. The molecule has 0 unspecified atom stereocenters. The monoisotopic (exact) mass is 719 g/mol. The Bertz CT molecular complexity index is 3080. The Morgan fingerprint density at radius 2 is 0.929 bits per heavy atom. The van der Waals surface area contributed by atoms with E-state index in [2.05, 4.69) is 159 Å². The van der Waals surface area contributed by atoms with Crippen LogP contribution in [0.1, 0.15) is 30.5 Å². The maximum absolute atomic E-state index is 9.55. The quantitative estimate of drug-likeness (QED) is 0.159. The van der Waals surface area contributed by atoms with Gasteiger partial charge in [0, 0.05) is 22.4 Å². The van der Waals surface area contributed by atoms with E-state index >= 15 is 0 Å². The van der Waals surface area contributed by atoms with Crippen molar-refractivity contribution in [2.24, 2.45) is 0 Å². The van der Waals surface area contributed by atoms with E-state index in [4.69, 9.17) is 2.74 Å². The molecule has 0 saturated carbocycles. The zero-order valence-electron chi connectivity index (χ0n) is 35.3. The standard InChI is InChI=1S/C55H41N/c1-55(2)50-29-16-28-48(40-21-10-5-11-22-40)54(50)49-36-35-44(37-51(49)55)56(52-30-13-12-25-45(52)38-17-6-3-7-18-38)43-33-31-41(32-34-43)47-27-15-24-42-23-14-26-46(53(42)47)39-19-8-4-9-20-39/h3-37H,1-2H3/i12D,13D,25D,30D. The van der Waals surface area contributed by atoms with Crippen LogP contribution in [0, 0.1) is 0 Å². The van der Waals surface area contributed by atoms with Crippen molar-refractivity contribution in [1.29, 1.82) is 0 Å². The van der Waals surface area contributed by atoms with Gasteiger partial charge in [0.15, 0.2) is 0 Å². The van der Waals surface area contributed by atoms with Crippen molar-refractivity contribution in [3.05, 3.63) is 223 Å². The first-order valence-electron chi connectivity index (χ1n) is 21.2. The van der Waals surface area contributed by atoms with E-state index in [0.29, 0.717) is 16.8 Å². The summed E-state index contributed by atoms with van der Waals surface area (Å²) < 4.78 is 36.6. The molecule has 1 nitrogen and oxygen atoms in total. The fourth-order valence-electron chi connectivity index (χ4n) is 8.70. The van der Waals surface area contributed by atoms with Crippen LogP contribution in [0.2, 0.25) is 0 Å². The molecule has 0 bridgehead atoms. The number of benzene rings is 9. The van der Waals surface area contributed by atoms with E-state index in [1.54, 1.807) is 0 Å². The second-order valence-corrected chi connectivity index (χ2v) is 15.0. The Labute approximate surface area is 335 Å². The highest BCUT2D eigenvalue weighted by Gasteiger charge is 2.37. The van der Waals surface area contributed by atoms with Gasteiger partial charge in [0.25, 0.3) is 0 Å². The van der Waals surface area contributed by atoms with Crippen molar-refractivity contribution in [3.8, 4) is 55.6 Å². The van der Waals surface area contributed by atoms with Crippen LogP contribution in [0.4, 0.5) is 17.1 Å². The number of hydrogen-bond donors (Lipinski definition) is 0. The lowest BCUT2D eigenvalue weighted by molar-refractivity contribution is 0.660. The molecule has 0 heterocycles. The lowest BCUT2D eigenvalue weighted by Crippen LogP contribution is -2.17. The first-order chi connectivity index (χ1) is 29.2. The molecule has 10 rings (SSSR count). The topological polar surface area (TPSA) is 3.24 Å². The van der Waals surface area contributed by atoms with Crippen LogP contribution < -0.4 is 4.90 Å². The maximum Gasteiger partial charge on any atom is 0.0645 e. The number of nitrogens with zero attached hydrogens (tertiary/aromatic N) is 1. The van der Waals surface area contributed by atoms with E-state index in [1.807, 2.05) is 47.4 Å². The first kappa shape index (κ1) is 29.4. The van der Waals surface area contributed by atoms with E-state index < -0.39 is 0 Å². The minimum Gasteiger partial charge on any atom is -0.310 e. The number of para-hydroxylation sites is 1. The van der Waals surface area contributed by atoms with E-state index in [9.17, 15) is 2.74 Å². The lowest BCUT2D eigenvalue weighted by Gasteiger charge is -2.30. The molecule has 0 fully saturated rings. The van der Waals surface area contributed by atoms with Gasteiger partial charge in [-0.05, 0) is 102 Å². The minimum absolute atomic E-state index is 0.0792. The maximum atomic E-state index is 9.55. The molecule has 1 aliphatic rings. The smallest absolute Gasteiger partial charge is 0.0645 e. The predicted molar refractivity (Wildman–Crippen MR) is 238 cm³/mol. The molecule has 0 radical (unpaired) electrons. The Hall–Kier alpha value is -6.96. The van der Waals surface area contributed by atoms with Gasteiger partial charge >= 0.3 is 0 Å². The van der Waals surface area contributed by atoms with Crippen molar-refractivity contribution in [1.82, 2.24) is 0 Å². The summed E-state index contributed by atoms with van der Waals surface area (Å²) in [6.07, 6.45) is 0.